The van der Waals surface area contributed by atoms with E-state index in [0.717, 1.165) is 5.75 Å². The summed E-state index contributed by atoms with van der Waals surface area (Å²) in [4.78, 5) is 33.9. The number of ketones is 1. The highest BCUT2D eigenvalue weighted by atomic mass is 32.2. The van der Waals surface area contributed by atoms with Crippen molar-refractivity contribution in [3.8, 4) is 5.88 Å². The quantitative estimate of drug-likeness (QED) is 0.273. The van der Waals surface area contributed by atoms with E-state index in [1.165, 1.54) is 11.8 Å². The fraction of sp³-hybridized carbons (Fsp3) is 0.143. The van der Waals surface area contributed by atoms with Crippen LogP contribution in [0.5, 0.6) is 5.88 Å². The Morgan fingerprint density at radius 3 is 2.29 bits per heavy atom. The Morgan fingerprint density at radius 2 is 1.64 bits per heavy atom. The second-order valence-corrected chi connectivity index (χ2v) is 6.91. The van der Waals surface area contributed by atoms with E-state index in [4.69, 9.17) is 4.74 Å². The number of carbonyl (C=O) groups excluding carboxylic acids is 2. The molecule has 3 rings (SSSR count). The maximum atomic E-state index is 12.9. The van der Waals surface area contributed by atoms with Crippen LogP contribution >= 0.6 is 11.8 Å². The molecule has 7 heteroatoms. The number of benzene rings is 2. The van der Waals surface area contributed by atoms with E-state index in [1.54, 1.807) is 60.8 Å². The summed E-state index contributed by atoms with van der Waals surface area (Å²) in [5.74, 6) is 0.245. The highest BCUT2D eigenvalue weighted by Crippen LogP contribution is 2.17. The molecule has 0 spiro atoms. The van der Waals surface area contributed by atoms with Gasteiger partial charge in [-0.25, -0.2) is 4.98 Å². The molecule has 0 saturated heterocycles. The van der Waals surface area contributed by atoms with Gasteiger partial charge in [-0.05, 0) is 17.9 Å². The van der Waals surface area contributed by atoms with Crippen LogP contribution < -0.4 is 10.1 Å². The van der Waals surface area contributed by atoms with E-state index in [-0.39, 0.29) is 11.7 Å². The molecular formula is C21H19N3O3S. The van der Waals surface area contributed by atoms with Crippen molar-refractivity contribution in [1.29, 1.82) is 0 Å². The highest BCUT2D eigenvalue weighted by molar-refractivity contribution is 7.99. The van der Waals surface area contributed by atoms with E-state index < -0.39 is 12.1 Å². The molecule has 3 aromatic rings. The summed E-state index contributed by atoms with van der Waals surface area (Å²) < 4.78 is 5.76. The van der Waals surface area contributed by atoms with Crippen LogP contribution in [-0.4, -0.2) is 33.6 Å². The van der Waals surface area contributed by atoms with Crippen molar-refractivity contribution in [1.82, 2.24) is 15.3 Å². The highest BCUT2D eigenvalue weighted by Gasteiger charge is 2.25. The standard InChI is InChI=1S/C21H19N3O3S/c1-2-28-21-22-14-13-17(23-21)27-20(18(25)15-9-5-3-6-10-15)24-19(26)16-11-7-4-8-12-16/h3-14,20H,2H2,1H3,(H,24,26)/t20-/m0/s1. The molecule has 2 aromatic carbocycles. The average molecular weight is 393 g/mol. The largest absolute Gasteiger partial charge is 0.446 e. The van der Waals surface area contributed by atoms with Crippen molar-refractivity contribution in [3.05, 3.63) is 84.1 Å². The molecule has 1 N–H and O–H groups in total. The topological polar surface area (TPSA) is 81.2 Å². The second kappa shape index (κ2) is 9.66. The number of nitrogens with zero attached hydrogens (tertiary/aromatic N) is 2. The summed E-state index contributed by atoms with van der Waals surface area (Å²) in [5.41, 5.74) is 0.861. The first-order chi connectivity index (χ1) is 13.7. The SMILES string of the molecule is CCSc1nccc(O[C@H](NC(=O)c2ccccc2)C(=O)c2ccccc2)n1. The van der Waals surface area contributed by atoms with Crippen LogP contribution in [0.15, 0.2) is 78.1 Å². The lowest BCUT2D eigenvalue weighted by atomic mass is 10.1. The predicted octanol–water partition coefficient (Wildman–Crippen LogP) is 3.61. The van der Waals surface area contributed by atoms with E-state index in [9.17, 15) is 9.59 Å². The predicted molar refractivity (Wildman–Crippen MR) is 108 cm³/mol. The van der Waals surface area contributed by atoms with Crippen molar-refractivity contribution in [2.75, 3.05) is 5.75 Å². The molecular weight excluding hydrogens is 374 g/mol. The number of amides is 1. The molecule has 0 radical (unpaired) electrons. The zero-order valence-electron chi connectivity index (χ0n) is 15.2. The Hall–Kier alpha value is -3.19. The molecule has 1 heterocycles. The molecule has 142 valence electrons. The summed E-state index contributed by atoms with van der Waals surface area (Å²) >= 11 is 1.46. The maximum Gasteiger partial charge on any atom is 0.254 e. The second-order valence-electron chi connectivity index (χ2n) is 5.68. The Balaban J connectivity index is 1.85. The first kappa shape index (κ1) is 19.6. The molecule has 0 unspecified atom stereocenters. The van der Waals surface area contributed by atoms with Crippen LogP contribution in [0.4, 0.5) is 0 Å². The van der Waals surface area contributed by atoms with Gasteiger partial charge in [-0.3, -0.25) is 9.59 Å². The number of thioether (sulfide) groups is 1. The number of hydrogen-bond donors (Lipinski definition) is 1. The van der Waals surface area contributed by atoms with Gasteiger partial charge >= 0.3 is 0 Å². The lowest BCUT2D eigenvalue weighted by Crippen LogP contribution is -2.45. The molecule has 0 saturated carbocycles. The van der Waals surface area contributed by atoms with E-state index in [0.29, 0.717) is 16.3 Å². The van der Waals surface area contributed by atoms with Crippen molar-refractivity contribution in [2.24, 2.45) is 0 Å². The summed E-state index contributed by atoms with van der Waals surface area (Å²) in [5, 5.41) is 3.20. The fourth-order valence-corrected chi connectivity index (χ4v) is 2.95. The van der Waals surface area contributed by atoms with Gasteiger partial charge in [0, 0.05) is 23.4 Å². The normalized spacial score (nSPS) is 11.5. The summed E-state index contributed by atoms with van der Waals surface area (Å²) in [7, 11) is 0. The summed E-state index contributed by atoms with van der Waals surface area (Å²) in [6.45, 7) is 1.99. The first-order valence-electron chi connectivity index (χ1n) is 8.75. The van der Waals surface area contributed by atoms with Crippen LogP contribution in [-0.2, 0) is 0 Å². The molecule has 0 aliphatic rings. The first-order valence-corrected chi connectivity index (χ1v) is 9.73. The monoisotopic (exact) mass is 393 g/mol. The zero-order chi connectivity index (χ0) is 19.8. The van der Waals surface area contributed by atoms with Gasteiger partial charge in [0.25, 0.3) is 5.91 Å². The lowest BCUT2D eigenvalue weighted by Gasteiger charge is -2.19. The number of nitrogens with one attached hydrogen (secondary N) is 1. The average Bonchev–Trinajstić information content (AvgIpc) is 2.74. The Bertz CT molecular complexity index is 936. The number of carbonyl (C=O) groups is 2. The molecule has 0 bridgehead atoms. The summed E-state index contributed by atoms with van der Waals surface area (Å²) in [6.07, 6.45) is 0.341. The van der Waals surface area contributed by atoms with Crippen LogP contribution in [0.2, 0.25) is 0 Å². The fourth-order valence-electron chi connectivity index (χ4n) is 2.40. The van der Waals surface area contributed by atoms with Crippen molar-refractivity contribution in [2.45, 2.75) is 18.3 Å². The third kappa shape index (κ3) is 5.17. The van der Waals surface area contributed by atoms with E-state index in [1.807, 2.05) is 19.1 Å². The minimum Gasteiger partial charge on any atom is -0.446 e. The van der Waals surface area contributed by atoms with Crippen LogP contribution in [0.3, 0.4) is 0 Å². The Morgan fingerprint density at radius 1 is 1.00 bits per heavy atom. The number of Topliss-reactive ketones (excluding diaryl/α,β-unsaturated/α-hetero) is 1. The molecule has 0 aliphatic carbocycles. The molecule has 6 nitrogen and oxygen atoms in total. The maximum absolute atomic E-state index is 12.9. The summed E-state index contributed by atoms with van der Waals surface area (Å²) in [6, 6.07) is 18.9. The van der Waals surface area contributed by atoms with Crippen LogP contribution in [0.25, 0.3) is 0 Å². The molecule has 1 atom stereocenters. The smallest absolute Gasteiger partial charge is 0.254 e. The molecule has 1 amide bonds. The van der Waals surface area contributed by atoms with Gasteiger partial charge in [0.2, 0.25) is 17.9 Å². The van der Waals surface area contributed by atoms with Gasteiger partial charge < -0.3 is 10.1 Å². The van der Waals surface area contributed by atoms with Crippen molar-refractivity contribution >= 4 is 23.5 Å². The number of aromatic nitrogens is 2. The van der Waals surface area contributed by atoms with Gasteiger partial charge in [-0.15, -0.1) is 0 Å². The number of hydrogen-bond acceptors (Lipinski definition) is 6. The minimum absolute atomic E-state index is 0.216. The van der Waals surface area contributed by atoms with Crippen molar-refractivity contribution < 1.29 is 14.3 Å². The third-order valence-electron chi connectivity index (χ3n) is 3.71. The van der Waals surface area contributed by atoms with Crippen LogP contribution in [0.1, 0.15) is 27.6 Å². The van der Waals surface area contributed by atoms with Crippen molar-refractivity contribution in [3.63, 3.8) is 0 Å². The minimum atomic E-state index is -1.22. The van der Waals surface area contributed by atoms with Gasteiger partial charge in [0.15, 0.2) is 5.16 Å². The van der Waals surface area contributed by atoms with Gasteiger partial charge in [-0.2, -0.15) is 4.98 Å². The van der Waals surface area contributed by atoms with Gasteiger partial charge in [0.1, 0.15) is 0 Å². The van der Waals surface area contributed by atoms with Gasteiger partial charge in [0.05, 0.1) is 0 Å². The number of ether oxygens (including phenoxy) is 1. The number of rotatable bonds is 8. The zero-order valence-corrected chi connectivity index (χ0v) is 16.1. The Labute approximate surface area is 167 Å². The lowest BCUT2D eigenvalue weighted by molar-refractivity contribution is 0.0648. The van der Waals surface area contributed by atoms with Crippen LogP contribution in [0, 0.1) is 0 Å². The third-order valence-corrected chi connectivity index (χ3v) is 4.46. The molecule has 1 aromatic heterocycles. The van der Waals surface area contributed by atoms with E-state index in [2.05, 4.69) is 15.3 Å². The Kier molecular flexibility index (Phi) is 6.75. The molecule has 28 heavy (non-hydrogen) atoms. The van der Waals surface area contributed by atoms with Gasteiger partial charge in [-0.1, -0.05) is 67.2 Å². The van der Waals surface area contributed by atoms with E-state index >= 15 is 0 Å². The molecule has 0 fully saturated rings. The molecule has 0 aliphatic heterocycles.